The van der Waals surface area contributed by atoms with Gasteiger partial charge in [-0.15, -0.1) is 0 Å². The van der Waals surface area contributed by atoms with Gasteiger partial charge in [0, 0.05) is 12.3 Å². The molecule has 0 aromatic carbocycles. The van der Waals surface area contributed by atoms with E-state index in [1.807, 2.05) is 0 Å². The minimum absolute atomic E-state index is 0.211. The van der Waals surface area contributed by atoms with Gasteiger partial charge in [-0.3, -0.25) is 19.7 Å². The molecule has 2 rings (SSSR count). The molecule has 2 amide bonds. The zero-order chi connectivity index (χ0) is 10.8. The Morgan fingerprint density at radius 2 is 2.00 bits per heavy atom. The summed E-state index contributed by atoms with van der Waals surface area (Å²) < 4.78 is 0. The molecule has 1 saturated heterocycles. The Morgan fingerprint density at radius 1 is 1.20 bits per heavy atom. The number of pyridine rings is 1. The number of hydrogen-bond donors (Lipinski definition) is 2. The second-order valence-corrected chi connectivity index (χ2v) is 3.85. The lowest BCUT2D eigenvalue weighted by Gasteiger charge is -1.92. The summed E-state index contributed by atoms with van der Waals surface area (Å²) in [5, 5.41) is 1.76. The number of aromatic amines is 1. The van der Waals surface area contributed by atoms with E-state index in [-0.39, 0.29) is 10.8 Å². The number of nitrogens with one attached hydrogen (secondary N) is 2. The van der Waals surface area contributed by atoms with Gasteiger partial charge in [-0.1, -0.05) is 0 Å². The molecule has 0 saturated carbocycles. The van der Waals surface area contributed by atoms with E-state index >= 15 is 0 Å². The van der Waals surface area contributed by atoms with Crippen LogP contribution in [-0.4, -0.2) is 16.1 Å². The van der Waals surface area contributed by atoms with Gasteiger partial charge in [-0.25, -0.2) is 0 Å². The van der Waals surface area contributed by atoms with E-state index in [9.17, 15) is 14.4 Å². The third-order valence-corrected chi connectivity index (χ3v) is 2.56. The highest BCUT2D eigenvalue weighted by Gasteiger charge is 2.24. The van der Waals surface area contributed by atoms with E-state index in [1.54, 1.807) is 12.1 Å². The van der Waals surface area contributed by atoms with Crippen LogP contribution in [0.15, 0.2) is 28.0 Å². The van der Waals surface area contributed by atoms with Crippen molar-refractivity contribution in [3.8, 4) is 0 Å². The molecule has 0 bridgehead atoms. The fraction of sp³-hybridized carbons (Fsp3) is 0. The number of carbonyl (C=O) groups is 2. The van der Waals surface area contributed by atoms with Gasteiger partial charge in [-0.05, 0) is 29.5 Å². The van der Waals surface area contributed by atoms with Gasteiger partial charge in [0.2, 0.25) is 5.56 Å². The largest absolute Gasteiger partial charge is 0.329 e. The number of amides is 2. The molecule has 5 nitrogen and oxygen atoms in total. The molecular formula is C9H6N2O3S. The van der Waals surface area contributed by atoms with Gasteiger partial charge in [0.15, 0.2) is 0 Å². The second kappa shape index (κ2) is 3.74. The number of hydrogen-bond acceptors (Lipinski definition) is 4. The van der Waals surface area contributed by atoms with Gasteiger partial charge in [0.1, 0.15) is 0 Å². The molecule has 0 radical (unpaired) electrons. The molecule has 1 aromatic heterocycles. The summed E-state index contributed by atoms with van der Waals surface area (Å²) in [6, 6.07) is 2.92. The highest BCUT2D eigenvalue weighted by Crippen LogP contribution is 2.24. The lowest BCUT2D eigenvalue weighted by atomic mass is 10.2. The monoisotopic (exact) mass is 222 g/mol. The Kier molecular flexibility index (Phi) is 2.42. The van der Waals surface area contributed by atoms with Gasteiger partial charge >= 0.3 is 0 Å². The first-order valence-corrected chi connectivity index (χ1v) is 4.90. The topological polar surface area (TPSA) is 79.0 Å². The van der Waals surface area contributed by atoms with Crippen molar-refractivity contribution in [2.45, 2.75) is 0 Å². The molecule has 0 aliphatic carbocycles. The maximum Gasteiger partial charge on any atom is 0.290 e. The summed E-state index contributed by atoms with van der Waals surface area (Å²) in [4.78, 5) is 35.6. The van der Waals surface area contributed by atoms with Gasteiger partial charge in [0.25, 0.3) is 11.1 Å². The smallest absolute Gasteiger partial charge is 0.290 e. The first kappa shape index (κ1) is 9.72. The summed E-state index contributed by atoms with van der Waals surface area (Å²) in [7, 11) is 0. The summed E-state index contributed by atoms with van der Waals surface area (Å²) in [6.07, 6.45) is 3.02. The minimum atomic E-state index is -0.406. The molecule has 0 atom stereocenters. The molecule has 2 heterocycles. The van der Waals surface area contributed by atoms with E-state index in [4.69, 9.17) is 0 Å². The average Bonchev–Trinajstić information content (AvgIpc) is 2.49. The van der Waals surface area contributed by atoms with E-state index < -0.39 is 5.91 Å². The SMILES string of the molecule is O=C1NC(=O)/C(=C/c2ccc(=O)[nH]c2)S1. The Bertz CT molecular complexity index is 498. The van der Waals surface area contributed by atoms with Crippen LogP contribution in [0.5, 0.6) is 0 Å². The highest BCUT2D eigenvalue weighted by atomic mass is 32.2. The first-order valence-electron chi connectivity index (χ1n) is 4.09. The summed E-state index contributed by atoms with van der Waals surface area (Å²) in [6.45, 7) is 0. The molecule has 1 fully saturated rings. The standard InChI is InChI=1S/C9H6N2O3S/c12-7-2-1-5(4-10-7)3-6-8(13)11-9(14)15-6/h1-4H,(H,10,12)(H,11,13,14)/b6-3-. The van der Waals surface area contributed by atoms with Gasteiger partial charge < -0.3 is 4.98 Å². The van der Waals surface area contributed by atoms with Crippen LogP contribution in [0.2, 0.25) is 0 Å². The fourth-order valence-corrected chi connectivity index (χ4v) is 1.77. The van der Waals surface area contributed by atoms with Crippen LogP contribution in [-0.2, 0) is 4.79 Å². The Balaban J connectivity index is 2.30. The zero-order valence-corrected chi connectivity index (χ0v) is 8.26. The van der Waals surface area contributed by atoms with E-state index in [0.29, 0.717) is 10.5 Å². The lowest BCUT2D eigenvalue weighted by Crippen LogP contribution is -2.17. The number of aromatic nitrogens is 1. The Labute approximate surface area is 88.6 Å². The molecular weight excluding hydrogens is 216 g/mol. The third kappa shape index (κ3) is 2.16. The highest BCUT2D eigenvalue weighted by molar-refractivity contribution is 8.18. The molecule has 15 heavy (non-hydrogen) atoms. The lowest BCUT2D eigenvalue weighted by molar-refractivity contribution is -0.115. The van der Waals surface area contributed by atoms with Gasteiger partial charge in [-0.2, -0.15) is 0 Å². The molecule has 1 aliphatic heterocycles. The molecule has 6 heteroatoms. The van der Waals surface area contributed by atoms with Crippen molar-refractivity contribution in [2.24, 2.45) is 0 Å². The molecule has 1 aliphatic rings. The van der Waals surface area contributed by atoms with Crippen molar-refractivity contribution in [3.63, 3.8) is 0 Å². The van der Waals surface area contributed by atoms with E-state index in [1.165, 1.54) is 12.3 Å². The first-order chi connectivity index (χ1) is 7.15. The van der Waals surface area contributed by atoms with Gasteiger partial charge in [0.05, 0.1) is 4.91 Å². The van der Waals surface area contributed by atoms with Crippen LogP contribution < -0.4 is 10.9 Å². The van der Waals surface area contributed by atoms with Crippen molar-refractivity contribution in [1.29, 1.82) is 0 Å². The molecule has 1 aromatic rings. The predicted molar refractivity (Wildman–Crippen MR) is 56.2 cm³/mol. The van der Waals surface area contributed by atoms with Crippen molar-refractivity contribution in [3.05, 3.63) is 39.2 Å². The maximum absolute atomic E-state index is 11.2. The quantitative estimate of drug-likeness (QED) is 0.685. The predicted octanol–water partition coefficient (Wildman–Crippen LogP) is 0.699. The van der Waals surface area contributed by atoms with Crippen molar-refractivity contribution in [1.82, 2.24) is 10.3 Å². The molecule has 2 N–H and O–H groups in total. The fourth-order valence-electron chi connectivity index (χ4n) is 1.08. The minimum Gasteiger partial charge on any atom is -0.329 e. The van der Waals surface area contributed by atoms with Crippen LogP contribution in [0.25, 0.3) is 6.08 Å². The number of carbonyl (C=O) groups excluding carboxylic acids is 2. The summed E-state index contributed by atoms with van der Waals surface area (Å²) >= 11 is 0.842. The van der Waals surface area contributed by atoms with Crippen LogP contribution in [0, 0.1) is 0 Å². The summed E-state index contributed by atoms with van der Waals surface area (Å²) in [5.74, 6) is -0.406. The maximum atomic E-state index is 11.2. The summed E-state index contributed by atoms with van der Waals surface area (Å²) in [5.41, 5.74) is 0.457. The van der Waals surface area contributed by atoms with Crippen LogP contribution >= 0.6 is 11.8 Å². The van der Waals surface area contributed by atoms with Crippen LogP contribution in [0.4, 0.5) is 4.79 Å². The van der Waals surface area contributed by atoms with E-state index in [2.05, 4.69) is 10.3 Å². The second-order valence-electron chi connectivity index (χ2n) is 2.84. The van der Waals surface area contributed by atoms with Crippen molar-refractivity contribution in [2.75, 3.05) is 0 Å². The number of rotatable bonds is 1. The Hall–Kier alpha value is -1.82. The number of thioether (sulfide) groups is 1. The van der Waals surface area contributed by atoms with Crippen LogP contribution in [0.1, 0.15) is 5.56 Å². The Morgan fingerprint density at radius 3 is 2.53 bits per heavy atom. The normalized spacial score (nSPS) is 18.3. The molecule has 76 valence electrons. The number of H-pyrrole nitrogens is 1. The number of imide groups is 1. The van der Waals surface area contributed by atoms with Crippen LogP contribution in [0.3, 0.4) is 0 Å². The molecule has 0 unspecified atom stereocenters. The van der Waals surface area contributed by atoms with Crippen molar-refractivity contribution >= 4 is 29.0 Å². The third-order valence-electron chi connectivity index (χ3n) is 1.75. The van der Waals surface area contributed by atoms with Crippen molar-refractivity contribution < 1.29 is 9.59 Å². The molecule has 0 spiro atoms. The van der Waals surface area contributed by atoms with E-state index in [0.717, 1.165) is 11.8 Å². The average molecular weight is 222 g/mol. The zero-order valence-electron chi connectivity index (χ0n) is 7.44.